The molecule has 0 aromatic rings. The second-order valence-corrected chi connectivity index (χ2v) is 3.72. The summed E-state index contributed by atoms with van der Waals surface area (Å²) in [7, 11) is 0. The Labute approximate surface area is 84.9 Å². The zero-order valence-corrected chi connectivity index (χ0v) is 11.4. The molecule has 0 aromatic carbocycles. The molecule has 0 saturated carbocycles. The SMILES string of the molecule is [CH2-]CC(C)CCCC(C)C.[Zn]. The largest absolute Gasteiger partial charge is 0.343 e. The van der Waals surface area contributed by atoms with Gasteiger partial charge in [-0.1, -0.05) is 46.0 Å². The van der Waals surface area contributed by atoms with E-state index in [0.717, 1.165) is 18.3 Å². The monoisotopic (exact) mass is 205 g/mol. The van der Waals surface area contributed by atoms with Crippen molar-refractivity contribution in [3.05, 3.63) is 6.92 Å². The Morgan fingerprint density at radius 2 is 1.64 bits per heavy atom. The van der Waals surface area contributed by atoms with E-state index < -0.39 is 0 Å². The van der Waals surface area contributed by atoms with Crippen molar-refractivity contribution < 1.29 is 19.5 Å². The Morgan fingerprint density at radius 1 is 1.09 bits per heavy atom. The van der Waals surface area contributed by atoms with Crippen molar-refractivity contribution in [2.45, 2.75) is 46.5 Å². The van der Waals surface area contributed by atoms with Gasteiger partial charge < -0.3 is 6.92 Å². The van der Waals surface area contributed by atoms with Gasteiger partial charge in [0.2, 0.25) is 0 Å². The van der Waals surface area contributed by atoms with Crippen molar-refractivity contribution in [2.24, 2.45) is 11.8 Å². The van der Waals surface area contributed by atoms with E-state index in [-0.39, 0.29) is 19.5 Å². The molecule has 0 amide bonds. The van der Waals surface area contributed by atoms with Gasteiger partial charge in [-0.15, -0.1) is 0 Å². The number of rotatable bonds is 5. The van der Waals surface area contributed by atoms with Crippen LogP contribution in [-0.2, 0) is 19.5 Å². The van der Waals surface area contributed by atoms with E-state index in [4.69, 9.17) is 0 Å². The fourth-order valence-electron chi connectivity index (χ4n) is 1.02. The Kier molecular flexibility index (Phi) is 11.2. The first-order valence-corrected chi connectivity index (χ1v) is 4.46. The Bertz CT molecular complexity index is 69.3. The van der Waals surface area contributed by atoms with Crippen molar-refractivity contribution >= 4 is 0 Å². The first-order valence-electron chi connectivity index (χ1n) is 4.46. The van der Waals surface area contributed by atoms with Crippen molar-refractivity contribution in [1.82, 2.24) is 0 Å². The fourth-order valence-corrected chi connectivity index (χ4v) is 1.02. The maximum atomic E-state index is 3.88. The number of hydrogen-bond acceptors (Lipinski definition) is 0. The standard InChI is InChI=1S/C10H21.Zn/c1-5-10(4)8-6-7-9(2)3;/h9-10H,1,5-8H2,2-4H3;/q-1;. The van der Waals surface area contributed by atoms with Crippen molar-refractivity contribution in [3.63, 3.8) is 0 Å². The Hall–Kier alpha value is 0.623. The van der Waals surface area contributed by atoms with Crippen LogP contribution in [0.15, 0.2) is 0 Å². The molecule has 0 rings (SSSR count). The first kappa shape index (κ1) is 14.2. The molecule has 11 heavy (non-hydrogen) atoms. The van der Waals surface area contributed by atoms with Gasteiger partial charge >= 0.3 is 0 Å². The average Bonchev–Trinajstić information content (AvgIpc) is 1.87. The van der Waals surface area contributed by atoms with Gasteiger partial charge in [0.1, 0.15) is 0 Å². The third-order valence-electron chi connectivity index (χ3n) is 1.97. The van der Waals surface area contributed by atoms with Gasteiger partial charge in [-0.2, -0.15) is 6.42 Å². The summed E-state index contributed by atoms with van der Waals surface area (Å²) in [4.78, 5) is 0. The molecular weight excluding hydrogens is 185 g/mol. The summed E-state index contributed by atoms with van der Waals surface area (Å²) in [5.41, 5.74) is 0. The van der Waals surface area contributed by atoms with Gasteiger partial charge in [0.25, 0.3) is 0 Å². The smallest absolute Gasteiger partial charge is 0 e. The van der Waals surface area contributed by atoms with Gasteiger partial charge in [0, 0.05) is 19.5 Å². The quantitative estimate of drug-likeness (QED) is 0.476. The zero-order chi connectivity index (χ0) is 7.98. The molecule has 1 atom stereocenters. The molecule has 0 spiro atoms. The molecule has 0 aliphatic carbocycles. The predicted octanol–water partition coefficient (Wildman–Crippen LogP) is 3.67. The third kappa shape index (κ3) is 10.6. The van der Waals surface area contributed by atoms with Gasteiger partial charge in [-0.25, -0.2) is 0 Å². The summed E-state index contributed by atoms with van der Waals surface area (Å²) >= 11 is 0. The summed E-state index contributed by atoms with van der Waals surface area (Å²) < 4.78 is 0. The second-order valence-electron chi connectivity index (χ2n) is 3.72. The van der Waals surface area contributed by atoms with E-state index in [1.54, 1.807) is 0 Å². The topological polar surface area (TPSA) is 0 Å². The summed E-state index contributed by atoms with van der Waals surface area (Å²) in [5, 5.41) is 0. The molecule has 0 aromatic heterocycles. The molecule has 0 fully saturated rings. The molecular formula is C10H21Zn-. The van der Waals surface area contributed by atoms with Crippen LogP contribution in [0.25, 0.3) is 0 Å². The van der Waals surface area contributed by atoms with E-state index >= 15 is 0 Å². The molecule has 0 saturated heterocycles. The predicted molar refractivity (Wildman–Crippen MR) is 47.8 cm³/mol. The van der Waals surface area contributed by atoms with Gasteiger partial charge in [0.15, 0.2) is 0 Å². The van der Waals surface area contributed by atoms with Gasteiger partial charge in [-0.3, -0.25) is 0 Å². The third-order valence-corrected chi connectivity index (χ3v) is 1.97. The molecule has 1 heteroatoms. The first-order chi connectivity index (χ1) is 4.66. The maximum Gasteiger partial charge on any atom is 0 e. The summed E-state index contributed by atoms with van der Waals surface area (Å²) in [6, 6.07) is 0. The van der Waals surface area contributed by atoms with Crippen LogP contribution < -0.4 is 0 Å². The molecule has 0 nitrogen and oxygen atoms in total. The van der Waals surface area contributed by atoms with E-state index in [2.05, 4.69) is 27.7 Å². The summed E-state index contributed by atoms with van der Waals surface area (Å²) in [6.45, 7) is 10.7. The van der Waals surface area contributed by atoms with Crippen LogP contribution in [0.5, 0.6) is 0 Å². The van der Waals surface area contributed by atoms with Crippen LogP contribution >= 0.6 is 0 Å². The maximum absolute atomic E-state index is 3.88. The number of hydrogen-bond donors (Lipinski definition) is 0. The van der Waals surface area contributed by atoms with Gasteiger partial charge in [-0.05, 0) is 5.92 Å². The van der Waals surface area contributed by atoms with Crippen molar-refractivity contribution in [2.75, 3.05) is 0 Å². The second kappa shape index (κ2) is 8.72. The van der Waals surface area contributed by atoms with E-state index in [1.807, 2.05) is 0 Å². The van der Waals surface area contributed by atoms with Crippen molar-refractivity contribution in [3.8, 4) is 0 Å². The van der Waals surface area contributed by atoms with E-state index in [0.29, 0.717) is 0 Å². The van der Waals surface area contributed by atoms with Crippen LogP contribution in [0.3, 0.4) is 0 Å². The summed E-state index contributed by atoms with van der Waals surface area (Å²) in [5.74, 6) is 1.70. The van der Waals surface area contributed by atoms with Crippen LogP contribution in [0, 0.1) is 18.8 Å². The molecule has 1 unspecified atom stereocenters. The minimum Gasteiger partial charge on any atom is -0.343 e. The van der Waals surface area contributed by atoms with Crippen LogP contribution in [0.4, 0.5) is 0 Å². The molecule has 0 heterocycles. The van der Waals surface area contributed by atoms with Crippen LogP contribution in [0.1, 0.15) is 46.5 Å². The normalized spacial score (nSPS) is 12.8. The Morgan fingerprint density at radius 3 is 2.00 bits per heavy atom. The van der Waals surface area contributed by atoms with Crippen LogP contribution in [0.2, 0.25) is 0 Å². The minimum atomic E-state index is 0. The van der Waals surface area contributed by atoms with Crippen molar-refractivity contribution in [1.29, 1.82) is 0 Å². The molecule has 0 N–H and O–H groups in total. The minimum absolute atomic E-state index is 0. The zero-order valence-electron chi connectivity index (χ0n) is 8.40. The Balaban J connectivity index is 0. The molecule has 0 bridgehead atoms. The average molecular weight is 207 g/mol. The van der Waals surface area contributed by atoms with E-state index in [9.17, 15) is 0 Å². The summed E-state index contributed by atoms with van der Waals surface area (Å²) in [6.07, 6.45) is 5.22. The van der Waals surface area contributed by atoms with Gasteiger partial charge in [0.05, 0.1) is 0 Å². The molecule has 0 aliphatic heterocycles. The molecule has 0 radical (unpaired) electrons. The fraction of sp³-hybridized carbons (Fsp3) is 0.900. The van der Waals surface area contributed by atoms with E-state index in [1.165, 1.54) is 19.3 Å². The molecule has 64 valence electrons. The van der Waals surface area contributed by atoms with Crippen LogP contribution in [-0.4, -0.2) is 0 Å². The molecule has 0 aliphatic rings.